The largest absolute Gasteiger partial charge is 0.480 e. The average molecular weight is 347 g/mol. The quantitative estimate of drug-likeness (QED) is 0.737. The third-order valence-electron chi connectivity index (χ3n) is 3.52. The first kappa shape index (κ1) is 18.4. The molecule has 130 valence electrons. The fraction of sp³-hybridized carbons (Fsp3) is 0.412. The highest BCUT2D eigenvalue weighted by Gasteiger charge is 2.17. The minimum atomic E-state index is 0.586. The Morgan fingerprint density at radius 3 is 2.42 bits per heavy atom. The zero-order chi connectivity index (χ0) is 17.5. The molecule has 0 spiro atoms. The molecule has 0 unspecified atom stereocenters. The second-order valence-electron chi connectivity index (χ2n) is 5.54. The molecule has 0 bridgehead atoms. The smallest absolute Gasteiger partial charge is 0.234 e. The monoisotopic (exact) mass is 347 g/mol. The molecule has 24 heavy (non-hydrogen) atoms. The van der Waals surface area contributed by atoms with Gasteiger partial charge in [0.05, 0.1) is 7.11 Å². The van der Waals surface area contributed by atoms with Crippen molar-refractivity contribution in [2.24, 2.45) is 0 Å². The summed E-state index contributed by atoms with van der Waals surface area (Å²) in [4.78, 5) is 14.3. The van der Waals surface area contributed by atoms with E-state index in [1.807, 2.05) is 62.6 Å². The zero-order valence-corrected chi connectivity index (χ0v) is 15.7. The summed E-state index contributed by atoms with van der Waals surface area (Å²) < 4.78 is 5.48. The van der Waals surface area contributed by atoms with Crippen LogP contribution in [0.1, 0.15) is 0 Å². The summed E-state index contributed by atoms with van der Waals surface area (Å²) in [6.07, 6.45) is 2.00. The molecule has 1 aromatic heterocycles. The molecule has 0 saturated heterocycles. The fourth-order valence-corrected chi connectivity index (χ4v) is 2.79. The van der Waals surface area contributed by atoms with E-state index in [2.05, 4.69) is 15.2 Å². The summed E-state index contributed by atoms with van der Waals surface area (Å²) in [5.74, 6) is 1.99. The second kappa shape index (κ2) is 8.75. The van der Waals surface area contributed by atoms with Gasteiger partial charge in [0, 0.05) is 25.8 Å². The van der Waals surface area contributed by atoms with Crippen LogP contribution in [0, 0.1) is 0 Å². The molecule has 1 heterocycles. The molecule has 0 aliphatic carbocycles. The molecular weight excluding hydrogens is 322 g/mol. The van der Waals surface area contributed by atoms with Gasteiger partial charge in [0.15, 0.2) is 0 Å². The lowest BCUT2D eigenvalue weighted by molar-refractivity contribution is 0.386. The number of benzene rings is 1. The summed E-state index contributed by atoms with van der Waals surface area (Å²) in [6, 6.07) is 10.0. The van der Waals surface area contributed by atoms with Crippen LogP contribution >= 0.6 is 11.8 Å². The van der Waals surface area contributed by atoms with Crippen LogP contribution in [0.2, 0.25) is 0 Å². The number of hydrogen-bond donors (Lipinski definition) is 1. The van der Waals surface area contributed by atoms with Crippen molar-refractivity contribution >= 4 is 29.2 Å². The van der Waals surface area contributed by atoms with Gasteiger partial charge in [-0.3, -0.25) is 0 Å². The Morgan fingerprint density at radius 1 is 1.12 bits per heavy atom. The minimum Gasteiger partial charge on any atom is -0.480 e. The van der Waals surface area contributed by atoms with E-state index in [0.717, 1.165) is 29.5 Å². The standard InChI is InChI=1S/C17H25N5OS/c1-21(2)12-11-18-15-14(24-5)16(23-4)20-17(19-15)22(3)13-9-7-6-8-10-13/h6-10H,11-12H2,1-5H3,(H,18,19,20). The van der Waals surface area contributed by atoms with E-state index in [4.69, 9.17) is 9.72 Å². The molecule has 0 fully saturated rings. The Morgan fingerprint density at radius 2 is 1.83 bits per heavy atom. The van der Waals surface area contributed by atoms with Gasteiger partial charge in [-0.15, -0.1) is 11.8 Å². The van der Waals surface area contributed by atoms with Crippen molar-refractivity contribution in [1.82, 2.24) is 14.9 Å². The molecule has 1 aromatic carbocycles. The van der Waals surface area contributed by atoms with Crippen molar-refractivity contribution in [3.8, 4) is 5.88 Å². The van der Waals surface area contributed by atoms with E-state index in [9.17, 15) is 0 Å². The van der Waals surface area contributed by atoms with Gasteiger partial charge in [0.2, 0.25) is 11.8 Å². The van der Waals surface area contributed by atoms with Crippen LogP contribution in [-0.2, 0) is 0 Å². The molecule has 0 amide bonds. The van der Waals surface area contributed by atoms with Crippen molar-refractivity contribution in [1.29, 1.82) is 0 Å². The number of thioether (sulfide) groups is 1. The molecule has 0 aliphatic heterocycles. The van der Waals surface area contributed by atoms with Gasteiger partial charge in [-0.05, 0) is 32.5 Å². The first-order valence-corrected chi connectivity index (χ1v) is 8.96. The van der Waals surface area contributed by atoms with Gasteiger partial charge >= 0.3 is 0 Å². The third-order valence-corrected chi connectivity index (χ3v) is 4.29. The highest BCUT2D eigenvalue weighted by atomic mass is 32.2. The maximum absolute atomic E-state index is 5.48. The lowest BCUT2D eigenvalue weighted by Gasteiger charge is -2.21. The van der Waals surface area contributed by atoms with Crippen molar-refractivity contribution in [2.45, 2.75) is 4.90 Å². The van der Waals surface area contributed by atoms with Gasteiger partial charge < -0.3 is 19.9 Å². The molecule has 2 aromatic rings. The number of para-hydroxylation sites is 1. The Bertz CT molecular complexity index is 651. The molecular formula is C17H25N5OS. The number of hydrogen-bond acceptors (Lipinski definition) is 7. The molecule has 0 aliphatic rings. The van der Waals surface area contributed by atoms with E-state index in [0.29, 0.717) is 11.8 Å². The van der Waals surface area contributed by atoms with Crippen molar-refractivity contribution in [3.63, 3.8) is 0 Å². The number of ether oxygens (including phenoxy) is 1. The van der Waals surface area contributed by atoms with Crippen LogP contribution in [0.25, 0.3) is 0 Å². The van der Waals surface area contributed by atoms with E-state index >= 15 is 0 Å². The predicted molar refractivity (Wildman–Crippen MR) is 102 cm³/mol. The van der Waals surface area contributed by atoms with Crippen LogP contribution in [0.15, 0.2) is 35.2 Å². The van der Waals surface area contributed by atoms with E-state index in [1.54, 1.807) is 18.9 Å². The van der Waals surface area contributed by atoms with Crippen molar-refractivity contribution in [3.05, 3.63) is 30.3 Å². The molecule has 6 nitrogen and oxygen atoms in total. The Labute approximate surface area is 148 Å². The van der Waals surface area contributed by atoms with Crippen molar-refractivity contribution < 1.29 is 4.74 Å². The molecule has 1 N–H and O–H groups in total. The third kappa shape index (κ3) is 4.52. The van der Waals surface area contributed by atoms with Crippen LogP contribution in [0.5, 0.6) is 5.88 Å². The average Bonchev–Trinajstić information content (AvgIpc) is 2.60. The summed E-state index contributed by atoms with van der Waals surface area (Å²) in [5.41, 5.74) is 1.02. The first-order chi connectivity index (χ1) is 11.6. The lowest BCUT2D eigenvalue weighted by Crippen LogP contribution is -2.22. The highest BCUT2D eigenvalue weighted by molar-refractivity contribution is 7.98. The number of nitrogens with one attached hydrogen (secondary N) is 1. The van der Waals surface area contributed by atoms with Crippen LogP contribution in [-0.4, -0.2) is 62.5 Å². The lowest BCUT2D eigenvalue weighted by atomic mass is 10.3. The minimum absolute atomic E-state index is 0.586. The van der Waals surface area contributed by atoms with Gasteiger partial charge in [-0.2, -0.15) is 9.97 Å². The number of likely N-dealkylation sites (N-methyl/N-ethyl adjacent to an activating group) is 1. The highest BCUT2D eigenvalue weighted by Crippen LogP contribution is 2.34. The molecule has 0 atom stereocenters. The Balaban J connectivity index is 2.34. The van der Waals surface area contributed by atoms with E-state index in [-0.39, 0.29) is 0 Å². The van der Waals surface area contributed by atoms with Crippen LogP contribution in [0.4, 0.5) is 17.5 Å². The zero-order valence-electron chi connectivity index (χ0n) is 14.9. The maximum Gasteiger partial charge on any atom is 0.234 e. The molecule has 7 heteroatoms. The topological polar surface area (TPSA) is 53.5 Å². The first-order valence-electron chi connectivity index (χ1n) is 7.74. The number of rotatable bonds is 8. The molecule has 0 radical (unpaired) electrons. The molecule has 2 rings (SSSR count). The van der Waals surface area contributed by atoms with Crippen LogP contribution < -0.4 is 15.0 Å². The van der Waals surface area contributed by atoms with E-state index in [1.165, 1.54) is 0 Å². The Kier molecular flexibility index (Phi) is 6.69. The van der Waals surface area contributed by atoms with E-state index < -0.39 is 0 Å². The van der Waals surface area contributed by atoms with Gasteiger partial charge in [0.1, 0.15) is 10.7 Å². The van der Waals surface area contributed by atoms with Gasteiger partial charge in [0.25, 0.3) is 0 Å². The number of nitrogens with zero attached hydrogens (tertiary/aromatic N) is 4. The van der Waals surface area contributed by atoms with Crippen LogP contribution in [0.3, 0.4) is 0 Å². The number of methoxy groups -OCH3 is 1. The fourth-order valence-electron chi connectivity index (χ4n) is 2.18. The number of anilines is 3. The van der Waals surface area contributed by atoms with Gasteiger partial charge in [-0.1, -0.05) is 18.2 Å². The summed E-state index contributed by atoms with van der Waals surface area (Å²) in [5, 5.41) is 3.40. The SMILES string of the molecule is COc1nc(N(C)c2ccccc2)nc(NCCN(C)C)c1SC. The normalized spacial score (nSPS) is 10.8. The van der Waals surface area contributed by atoms with Crippen molar-refractivity contribution in [2.75, 3.05) is 57.8 Å². The summed E-state index contributed by atoms with van der Waals surface area (Å²) in [7, 11) is 7.68. The van der Waals surface area contributed by atoms with Gasteiger partial charge in [-0.25, -0.2) is 0 Å². The molecule has 0 saturated carbocycles. The summed E-state index contributed by atoms with van der Waals surface area (Å²) >= 11 is 1.58. The maximum atomic E-state index is 5.48. The summed E-state index contributed by atoms with van der Waals surface area (Å²) in [6.45, 7) is 1.72. The Hall–Kier alpha value is -1.99. The predicted octanol–water partition coefficient (Wildman–Crippen LogP) is 2.95. The number of aromatic nitrogens is 2. The second-order valence-corrected chi connectivity index (χ2v) is 6.36.